The number of anilines is 2. The van der Waals surface area contributed by atoms with E-state index in [4.69, 9.17) is 16.3 Å². The van der Waals surface area contributed by atoms with Crippen LogP contribution in [0.3, 0.4) is 0 Å². The van der Waals surface area contributed by atoms with Crippen molar-refractivity contribution in [2.45, 2.75) is 12.8 Å². The van der Waals surface area contributed by atoms with Crippen LogP contribution in [0.1, 0.15) is 12.8 Å². The molecule has 6 nitrogen and oxygen atoms in total. The smallest absolute Gasteiger partial charge is 0.238 e. The number of para-hydroxylation sites is 2. The molecule has 2 amide bonds. The molecule has 0 aromatic heterocycles. The molecule has 1 heterocycles. The second-order valence-electron chi connectivity index (χ2n) is 6.76. The molecule has 1 aliphatic heterocycles. The minimum atomic E-state index is -0.135. The Labute approximate surface area is 170 Å². The number of carbonyl (C=O) groups is 2. The summed E-state index contributed by atoms with van der Waals surface area (Å²) in [7, 11) is 1.86. The van der Waals surface area contributed by atoms with Gasteiger partial charge in [-0.25, -0.2) is 0 Å². The van der Waals surface area contributed by atoms with E-state index in [0.717, 1.165) is 12.1 Å². The minimum absolute atomic E-state index is 0.0944. The lowest BCUT2D eigenvalue weighted by Crippen LogP contribution is -2.33. The highest BCUT2D eigenvalue weighted by Crippen LogP contribution is 2.29. The Morgan fingerprint density at radius 1 is 1.25 bits per heavy atom. The number of nitrogens with one attached hydrogen (secondary N) is 1. The number of carbonyl (C=O) groups excluding carboxylic acids is 2. The third-order valence-corrected chi connectivity index (χ3v) is 4.73. The normalized spacial score (nSPS) is 13.8. The fourth-order valence-electron chi connectivity index (χ4n) is 3.11. The zero-order chi connectivity index (χ0) is 19.9. The summed E-state index contributed by atoms with van der Waals surface area (Å²) in [6.07, 6.45) is 1.40. The van der Waals surface area contributed by atoms with Crippen LogP contribution in [0.5, 0.6) is 5.75 Å². The van der Waals surface area contributed by atoms with Gasteiger partial charge in [0.2, 0.25) is 11.8 Å². The first-order valence-electron chi connectivity index (χ1n) is 9.29. The molecule has 1 saturated heterocycles. The molecular formula is C21H24ClN3O3. The van der Waals surface area contributed by atoms with Gasteiger partial charge in [0, 0.05) is 24.5 Å². The van der Waals surface area contributed by atoms with Gasteiger partial charge < -0.3 is 15.0 Å². The monoisotopic (exact) mass is 401 g/mol. The molecule has 2 aromatic rings. The number of hydrogen-bond acceptors (Lipinski definition) is 4. The summed E-state index contributed by atoms with van der Waals surface area (Å²) in [6.45, 7) is 1.95. The highest BCUT2D eigenvalue weighted by Gasteiger charge is 2.24. The van der Waals surface area contributed by atoms with Gasteiger partial charge in [-0.3, -0.25) is 14.5 Å². The molecule has 1 fully saturated rings. The Balaban J connectivity index is 1.49. The van der Waals surface area contributed by atoms with E-state index in [9.17, 15) is 9.59 Å². The summed E-state index contributed by atoms with van der Waals surface area (Å²) >= 11 is 5.93. The van der Waals surface area contributed by atoms with Crippen molar-refractivity contribution in [2.75, 3.05) is 43.5 Å². The van der Waals surface area contributed by atoms with Crippen LogP contribution in [0, 0.1) is 0 Å². The number of ether oxygens (including phenoxy) is 1. The van der Waals surface area contributed by atoms with Crippen LogP contribution in [0.4, 0.5) is 11.4 Å². The Morgan fingerprint density at radius 3 is 2.82 bits per heavy atom. The molecular weight excluding hydrogens is 378 g/mol. The maximum Gasteiger partial charge on any atom is 0.238 e. The second kappa shape index (κ2) is 9.57. The van der Waals surface area contributed by atoms with Crippen molar-refractivity contribution < 1.29 is 14.3 Å². The summed E-state index contributed by atoms with van der Waals surface area (Å²) in [4.78, 5) is 28.1. The van der Waals surface area contributed by atoms with Crippen molar-refractivity contribution in [3.63, 3.8) is 0 Å². The molecule has 3 rings (SSSR count). The van der Waals surface area contributed by atoms with Gasteiger partial charge in [0.1, 0.15) is 12.4 Å². The van der Waals surface area contributed by atoms with Crippen molar-refractivity contribution in [1.29, 1.82) is 0 Å². The van der Waals surface area contributed by atoms with Gasteiger partial charge >= 0.3 is 0 Å². The molecule has 0 radical (unpaired) electrons. The Morgan fingerprint density at radius 2 is 2.07 bits per heavy atom. The predicted molar refractivity (Wildman–Crippen MR) is 111 cm³/mol. The zero-order valence-corrected chi connectivity index (χ0v) is 16.6. The lowest BCUT2D eigenvalue weighted by molar-refractivity contribution is -0.118. The van der Waals surface area contributed by atoms with Crippen molar-refractivity contribution in [3.8, 4) is 5.75 Å². The molecule has 0 spiro atoms. The van der Waals surface area contributed by atoms with Gasteiger partial charge in [-0.1, -0.05) is 29.8 Å². The lowest BCUT2D eigenvalue weighted by Gasteiger charge is -2.21. The largest absolute Gasteiger partial charge is 0.492 e. The lowest BCUT2D eigenvalue weighted by atomic mass is 10.2. The molecule has 0 bridgehead atoms. The number of hydrogen-bond donors (Lipinski definition) is 1. The Hall–Kier alpha value is -2.57. The first-order valence-corrected chi connectivity index (χ1v) is 9.67. The zero-order valence-electron chi connectivity index (χ0n) is 15.9. The van der Waals surface area contributed by atoms with Gasteiger partial charge in [0.05, 0.1) is 17.9 Å². The fraction of sp³-hybridized carbons (Fsp3) is 0.333. The molecule has 0 unspecified atom stereocenters. The average molecular weight is 402 g/mol. The third-order valence-electron chi connectivity index (χ3n) is 4.49. The molecule has 28 heavy (non-hydrogen) atoms. The summed E-state index contributed by atoms with van der Waals surface area (Å²) in [5.41, 5.74) is 1.41. The van der Waals surface area contributed by atoms with Crippen molar-refractivity contribution in [3.05, 3.63) is 53.6 Å². The number of amides is 2. The molecule has 1 aliphatic rings. The highest BCUT2D eigenvalue weighted by molar-refractivity contribution is 6.30. The first kappa shape index (κ1) is 20.2. The van der Waals surface area contributed by atoms with Gasteiger partial charge in [0.15, 0.2) is 0 Å². The van der Waals surface area contributed by atoms with Crippen LogP contribution in [0.15, 0.2) is 48.5 Å². The fourth-order valence-corrected chi connectivity index (χ4v) is 3.29. The average Bonchev–Trinajstić information content (AvgIpc) is 3.08. The standard InChI is InChI=1S/C21H24ClN3O3/c1-24(12-13-28-17-7-4-6-16(22)14-17)15-20(26)23-18-8-2-3-9-19(18)25-11-5-10-21(25)27/h2-4,6-9,14H,5,10-13,15H2,1H3,(H,23,26). The maximum atomic E-state index is 12.4. The Bertz CT molecular complexity index is 843. The molecule has 2 aromatic carbocycles. The van der Waals surface area contributed by atoms with Crippen molar-refractivity contribution in [1.82, 2.24) is 4.90 Å². The van der Waals surface area contributed by atoms with Crippen LogP contribution >= 0.6 is 11.6 Å². The second-order valence-corrected chi connectivity index (χ2v) is 7.19. The molecule has 148 valence electrons. The van der Waals surface area contributed by atoms with Crippen molar-refractivity contribution >= 4 is 34.8 Å². The molecule has 0 aliphatic carbocycles. The molecule has 1 N–H and O–H groups in total. The summed E-state index contributed by atoms with van der Waals surface area (Å²) in [5, 5.41) is 3.55. The predicted octanol–water partition coefficient (Wildman–Crippen LogP) is 3.42. The number of benzene rings is 2. The van der Waals surface area contributed by atoms with E-state index in [2.05, 4.69) is 5.32 Å². The van der Waals surface area contributed by atoms with E-state index in [-0.39, 0.29) is 18.4 Å². The van der Waals surface area contributed by atoms with Crippen molar-refractivity contribution in [2.24, 2.45) is 0 Å². The van der Waals surface area contributed by atoms with Gasteiger partial charge in [0.25, 0.3) is 0 Å². The van der Waals surface area contributed by atoms with E-state index < -0.39 is 0 Å². The molecule has 0 saturated carbocycles. The van der Waals surface area contributed by atoms with Crippen LogP contribution in [0.2, 0.25) is 5.02 Å². The summed E-state index contributed by atoms with van der Waals surface area (Å²) in [6, 6.07) is 14.6. The summed E-state index contributed by atoms with van der Waals surface area (Å²) < 4.78 is 5.65. The third kappa shape index (κ3) is 5.47. The highest BCUT2D eigenvalue weighted by atomic mass is 35.5. The van der Waals surface area contributed by atoms with Crippen LogP contribution < -0.4 is 15.0 Å². The van der Waals surface area contributed by atoms with Gasteiger partial charge in [-0.2, -0.15) is 0 Å². The molecule has 7 heteroatoms. The molecule has 0 atom stereocenters. The maximum absolute atomic E-state index is 12.4. The van der Waals surface area contributed by atoms with Gasteiger partial charge in [-0.15, -0.1) is 0 Å². The van der Waals surface area contributed by atoms with Gasteiger partial charge in [-0.05, 0) is 43.8 Å². The van der Waals surface area contributed by atoms with Crippen LogP contribution in [-0.2, 0) is 9.59 Å². The minimum Gasteiger partial charge on any atom is -0.492 e. The number of nitrogens with zero attached hydrogens (tertiary/aromatic N) is 2. The van der Waals surface area contributed by atoms with Crippen LogP contribution in [-0.4, -0.2) is 50.0 Å². The van der Waals surface area contributed by atoms with E-state index in [1.807, 2.05) is 48.3 Å². The first-order chi connectivity index (χ1) is 13.5. The van der Waals surface area contributed by atoms with Crippen LogP contribution in [0.25, 0.3) is 0 Å². The van der Waals surface area contributed by atoms with E-state index in [1.165, 1.54) is 0 Å². The SMILES string of the molecule is CN(CCOc1cccc(Cl)c1)CC(=O)Nc1ccccc1N1CCCC1=O. The quantitative estimate of drug-likeness (QED) is 0.736. The Kier molecular flexibility index (Phi) is 6.90. The number of halogens is 1. The van der Waals surface area contributed by atoms with E-state index >= 15 is 0 Å². The van der Waals surface area contributed by atoms with E-state index in [1.54, 1.807) is 17.0 Å². The van der Waals surface area contributed by atoms with E-state index in [0.29, 0.717) is 42.6 Å². The summed E-state index contributed by atoms with van der Waals surface area (Å²) in [5.74, 6) is 0.663. The number of rotatable bonds is 8. The number of likely N-dealkylation sites (N-methyl/N-ethyl adjacent to an activating group) is 1. The topological polar surface area (TPSA) is 61.9 Å².